The van der Waals surface area contributed by atoms with E-state index in [1.807, 2.05) is 13.0 Å². The van der Waals surface area contributed by atoms with Crippen LogP contribution >= 0.6 is 0 Å². The topological polar surface area (TPSA) is 81.0 Å². The maximum atomic E-state index is 12.4. The molecule has 0 N–H and O–H groups in total. The number of hydrogen-bond donors (Lipinski definition) is 0. The summed E-state index contributed by atoms with van der Waals surface area (Å²) in [7, 11) is 0. The zero-order valence-electron chi connectivity index (χ0n) is 13.3. The first kappa shape index (κ1) is 15.3. The van der Waals surface area contributed by atoms with Gasteiger partial charge in [-0.3, -0.25) is 9.59 Å². The molecule has 1 aliphatic rings. The third-order valence-electron chi connectivity index (χ3n) is 4.00. The molecule has 1 amide bonds. The summed E-state index contributed by atoms with van der Waals surface area (Å²) in [6.45, 7) is 4.94. The fourth-order valence-corrected chi connectivity index (χ4v) is 2.75. The summed E-state index contributed by atoms with van der Waals surface area (Å²) < 4.78 is 1.22. The smallest absolute Gasteiger partial charge is 0.267 e. The van der Waals surface area contributed by atoms with Gasteiger partial charge in [0.25, 0.3) is 5.56 Å². The number of carbonyl (C=O) groups excluding carboxylic acids is 1. The summed E-state index contributed by atoms with van der Waals surface area (Å²) in [6, 6.07) is 4.93. The number of aryl methyl sites for hydroxylation is 2. The molecule has 7 heteroatoms. The van der Waals surface area contributed by atoms with Crippen molar-refractivity contribution in [3.05, 3.63) is 52.0 Å². The van der Waals surface area contributed by atoms with Gasteiger partial charge in [-0.15, -0.1) is 0 Å². The summed E-state index contributed by atoms with van der Waals surface area (Å²) in [4.78, 5) is 34.7. The number of amides is 1. The van der Waals surface area contributed by atoms with Crippen LogP contribution in [0.4, 0.5) is 0 Å². The van der Waals surface area contributed by atoms with E-state index in [1.165, 1.54) is 10.7 Å². The molecule has 2 aromatic heterocycles. The average molecular weight is 313 g/mol. The Balaban J connectivity index is 1.68. The minimum Gasteiger partial charge on any atom is -0.340 e. The highest BCUT2D eigenvalue weighted by Gasteiger charge is 2.29. The molecule has 0 aromatic carbocycles. The summed E-state index contributed by atoms with van der Waals surface area (Å²) in [5.74, 6) is 0.840. The van der Waals surface area contributed by atoms with Crippen molar-refractivity contribution in [2.24, 2.45) is 0 Å². The molecule has 1 fully saturated rings. The molecule has 0 bridgehead atoms. The SMILES string of the molecule is Cc1ccnc(C2CCN(C(=O)Cn3nc(C)ccc3=O)C2)n1. The Morgan fingerprint density at radius 1 is 1.26 bits per heavy atom. The van der Waals surface area contributed by atoms with Crippen LogP contribution in [0.25, 0.3) is 0 Å². The average Bonchev–Trinajstić information content (AvgIpc) is 3.01. The molecule has 7 nitrogen and oxygen atoms in total. The lowest BCUT2D eigenvalue weighted by Gasteiger charge is -2.16. The van der Waals surface area contributed by atoms with Crippen LogP contribution in [-0.2, 0) is 11.3 Å². The minimum atomic E-state index is -0.262. The van der Waals surface area contributed by atoms with Gasteiger partial charge in [0.05, 0.1) is 5.69 Å². The highest BCUT2D eigenvalue weighted by molar-refractivity contribution is 5.76. The second-order valence-electron chi connectivity index (χ2n) is 5.85. The molecule has 0 saturated carbocycles. The van der Waals surface area contributed by atoms with Crippen LogP contribution in [-0.4, -0.2) is 43.6 Å². The quantitative estimate of drug-likeness (QED) is 0.832. The molecular weight excluding hydrogens is 294 g/mol. The van der Waals surface area contributed by atoms with Crippen molar-refractivity contribution in [1.29, 1.82) is 0 Å². The Kier molecular flexibility index (Phi) is 4.18. The lowest BCUT2D eigenvalue weighted by atomic mass is 10.1. The van der Waals surface area contributed by atoms with Crippen LogP contribution in [0.15, 0.2) is 29.2 Å². The summed E-state index contributed by atoms with van der Waals surface area (Å²) in [6.07, 6.45) is 2.59. The van der Waals surface area contributed by atoms with E-state index in [0.29, 0.717) is 18.8 Å². The van der Waals surface area contributed by atoms with Crippen molar-refractivity contribution >= 4 is 5.91 Å². The van der Waals surface area contributed by atoms with Crippen molar-refractivity contribution in [3.63, 3.8) is 0 Å². The van der Waals surface area contributed by atoms with Crippen molar-refractivity contribution in [3.8, 4) is 0 Å². The van der Waals surface area contributed by atoms with Crippen LogP contribution in [0.5, 0.6) is 0 Å². The maximum Gasteiger partial charge on any atom is 0.267 e. The number of rotatable bonds is 3. The van der Waals surface area contributed by atoms with Gasteiger partial charge in [-0.1, -0.05) is 0 Å². The maximum absolute atomic E-state index is 12.4. The number of carbonyl (C=O) groups is 1. The normalized spacial score (nSPS) is 17.5. The third-order valence-corrected chi connectivity index (χ3v) is 4.00. The molecule has 0 aliphatic carbocycles. The second kappa shape index (κ2) is 6.28. The third kappa shape index (κ3) is 3.44. The first-order valence-electron chi connectivity index (χ1n) is 7.65. The predicted octanol–water partition coefficient (Wildman–Crippen LogP) is 0.666. The van der Waals surface area contributed by atoms with Gasteiger partial charge in [-0.05, 0) is 32.4 Å². The molecule has 3 rings (SSSR count). The van der Waals surface area contributed by atoms with Crippen LogP contribution in [0, 0.1) is 13.8 Å². The Bertz CT molecular complexity index is 786. The first-order valence-corrected chi connectivity index (χ1v) is 7.65. The Morgan fingerprint density at radius 3 is 2.87 bits per heavy atom. The van der Waals surface area contributed by atoms with E-state index in [0.717, 1.165) is 17.9 Å². The van der Waals surface area contributed by atoms with Crippen LogP contribution in [0.1, 0.15) is 29.6 Å². The molecule has 2 aromatic rings. The summed E-state index contributed by atoms with van der Waals surface area (Å²) in [5.41, 5.74) is 1.38. The lowest BCUT2D eigenvalue weighted by molar-refractivity contribution is -0.131. The van der Waals surface area contributed by atoms with Gasteiger partial charge in [0.1, 0.15) is 12.4 Å². The standard InChI is InChI=1S/C16H19N5O2/c1-11-5-7-17-16(18-11)13-6-8-20(9-13)15(23)10-21-14(22)4-3-12(2)19-21/h3-5,7,13H,6,8-10H2,1-2H3. The molecule has 1 aliphatic heterocycles. The van der Waals surface area contributed by atoms with Gasteiger partial charge in [0, 0.05) is 37.0 Å². The highest BCUT2D eigenvalue weighted by Crippen LogP contribution is 2.24. The highest BCUT2D eigenvalue weighted by atomic mass is 16.2. The van der Waals surface area contributed by atoms with E-state index < -0.39 is 0 Å². The predicted molar refractivity (Wildman–Crippen MR) is 83.9 cm³/mol. The largest absolute Gasteiger partial charge is 0.340 e. The van der Waals surface area contributed by atoms with Crippen LogP contribution < -0.4 is 5.56 Å². The number of nitrogens with zero attached hydrogens (tertiary/aromatic N) is 5. The second-order valence-corrected chi connectivity index (χ2v) is 5.85. The van der Waals surface area contributed by atoms with Gasteiger partial charge >= 0.3 is 0 Å². The molecule has 3 heterocycles. The van der Waals surface area contributed by atoms with E-state index in [1.54, 1.807) is 24.1 Å². The fourth-order valence-electron chi connectivity index (χ4n) is 2.75. The van der Waals surface area contributed by atoms with E-state index >= 15 is 0 Å². The lowest BCUT2D eigenvalue weighted by Crippen LogP contribution is -2.36. The minimum absolute atomic E-state index is 0.0259. The van der Waals surface area contributed by atoms with Crippen molar-refractivity contribution in [2.75, 3.05) is 13.1 Å². The van der Waals surface area contributed by atoms with Crippen molar-refractivity contribution < 1.29 is 4.79 Å². The van der Waals surface area contributed by atoms with Crippen LogP contribution in [0.2, 0.25) is 0 Å². The van der Waals surface area contributed by atoms with Crippen molar-refractivity contribution in [1.82, 2.24) is 24.6 Å². The van der Waals surface area contributed by atoms with Gasteiger partial charge in [-0.2, -0.15) is 5.10 Å². The van der Waals surface area contributed by atoms with Gasteiger partial charge in [0.2, 0.25) is 5.91 Å². The van der Waals surface area contributed by atoms with Gasteiger partial charge < -0.3 is 4.90 Å². The number of aromatic nitrogens is 4. The fraction of sp³-hybridized carbons (Fsp3) is 0.438. The Hall–Kier alpha value is -2.57. The monoisotopic (exact) mass is 313 g/mol. The molecule has 1 unspecified atom stereocenters. The molecular formula is C16H19N5O2. The molecule has 120 valence electrons. The van der Waals surface area contributed by atoms with E-state index in [-0.39, 0.29) is 23.9 Å². The van der Waals surface area contributed by atoms with E-state index in [9.17, 15) is 9.59 Å². The molecule has 1 atom stereocenters. The zero-order valence-corrected chi connectivity index (χ0v) is 13.3. The molecule has 0 spiro atoms. The molecule has 1 saturated heterocycles. The molecule has 0 radical (unpaired) electrons. The van der Waals surface area contributed by atoms with E-state index in [4.69, 9.17) is 0 Å². The number of likely N-dealkylation sites (tertiary alicyclic amines) is 1. The van der Waals surface area contributed by atoms with Crippen molar-refractivity contribution in [2.45, 2.75) is 32.7 Å². The van der Waals surface area contributed by atoms with E-state index in [2.05, 4.69) is 15.1 Å². The van der Waals surface area contributed by atoms with Gasteiger partial charge in [-0.25, -0.2) is 14.6 Å². The number of hydrogen-bond acceptors (Lipinski definition) is 5. The Morgan fingerprint density at radius 2 is 2.09 bits per heavy atom. The Labute approximate surface area is 134 Å². The zero-order chi connectivity index (χ0) is 16.4. The summed E-state index contributed by atoms with van der Waals surface area (Å²) in [5, 5.41) is 4.10. The van der Waals surface area contributed by atoms with Crippen LogP contribution in [0.3, 0.4) is 0 Å². The van der Waals surface area contributed by atoms with Gasteiger partial charge in [0.15, 0.2) is 0 Å². The summed E-state index contributed by atoms with van der Waals surface area (Å²) >= 11 is 0. The molecule has 23 heavy (non-hydrogen) atoms. The first-order chi connectivity index (χ1) is 11.0.